The Labute approximate surface area is 152 Å². The molecule has 1 rings (SSSR count). The molecule has 0 aliphatic rings. The van der Waals surface area contributed by atoms with Gasteiger partial charge in [-0.25, -0.2) is 8.42 Å². The largest absolute Gasteiger partial charge is 2.00 e. The van der Waals surface area contributed by atoms with E-state index in [9.17, 15) is 13.0 Å². The second-order valence-corrected chi connectivity index (χ2v) is 7.34. The second-order valence-electron chi connectivity index (χ2n) is 5.99. The summed E-state index contributed by atoms with van der Waals surface area (Å²) in [5.41, 5.74) is 0.664. The predicted octanol–water partition coefficient (Wildman–Crippen LogP) is 5.05. The number of benzene rings is 1. The zero-order chi connectivity index (χ0) is 16.3. The van der Waals surface area contributed by atoms with Crippen LogP contribution in [-0.2, 0) is 33.6 Å². The average Bonchev–Trinajstić information content (AvgIpc) is 2.48. The molecule has 0 aliphatic carbocycles. The van der Waals surface area contributed by atoms with E-state index in [2.05, 4.69) is 6.92 Å². The summed E-state index contributed by atoms with van der Waals surface area (Å²) in [5.74, 6) is 0. The van der Waals surface area contributed by atoms with Gasteiger partial charge >= 0.3 is 17.1 Å². The molecule has 1 aromatic carbocycles. The molecular formula is C18H29CuO3S+. The fourth-order valence-electron chi connectivity index (χ4n) is 2.76. The summed E-state index contributed by atoms with van der Waals surface area (Å²) in [6.07, 6.45) is 13.2. The quantitative estimate of drug-likeness (QED) is 0.286. The van der Waals surface area contributed by atoms with E-state index >= 15 is 0 Å². The predicted molar refractivity (Wildman–Crippen MR) is 90.0 cm³/mol. The Morgan fingerprint density at radius 3 is 1.83 bits per heavy atom. The Kier molecular flexibility index (Phi) is 12.8. The minimum Gasteiger partial charge on any atom is -0.744 e. The third kappa shape index (κ3) is 10.2. The first-order chi connectivity index (χ1) is 10.6. The molecule has 0 unspecified atom stereocenters. The molecule has 0 aromatic heterocycles. The molecule has 0 amide bonds. The minimum atomic E-state index is -4.35. The van der Waals surface area contributed by atoms with Gasteiger partial charge in [-0.2, -0.15) is 0 Å². The SMILES string of the molecule is CCCCCCCCCCCCc1ccccc1S(=O)(=O)[O-].[Cu+2]. The van der Waals surface area contributed by atoms with Gasteiger partial charge < -0.3 is 4.55 Å². The van der Waals surface area contributed by atoms with Gasteiger partial charge in [-0.15, -0.1) is 0 Å². The summed E-state index contributed by atoms with van der Waals surface area (Å²) < 4.78 is 33.5. The third-order valence-corrected chi connectivity index (χ3v) is 4.98. The van der Waals surface area contributed by atoms with E-state index in [-0.39, 0.29) is 22.0 Å². The van der Waals surface area contributed by atoms with Crippen LogP contribution in [0.1, 0.15) is 76.7 Å². The van der Waals surface area contributed by atoms with Gasteiger partial charge in [-0.1, -0.05) is 82.9 Å². The summed E-state index contributed by atoms with van der Waals surface area (Å²) in [6.45, 7) is 2.23. The van der Waals surface area contributed by atoms with Crippen molar-refractivity contribution >= 4 is 10.1 Å². The van der Waals surface area contributed by atoms with Crippen molar-refractivity contribution in [3.63, 3.8) is 0 Å². The summed E-state index contributed by atoms with van der Waals surface area (Å²) >= 11 is 0. The normalized spacial score (nSPS) is 11.2. The monoisotopic (exact) mass is 388 g/mol. The number of aryl methyl sites for hydroxylation is 1. The Balaban J connectivity index is 0.00000484. The number of rotatable bonds is 12. The van der Waals surface area contributed by atoms with Crippen LogP contribution in [0.15, 0.2) is 29.2 Å². The minimum absolute atomic E-state index is 0. The van der Waals surface area contributed by atoms with Gasteiger partial charge in [-0.05, 0) is 24.5 Å². The van der Waals surface area contributed by atoms with Crippen LogP contribution in [0.5, 0.6) is 0 Å². The van der Waals surface area contributed by atoms with Gasteiger partial charge in [0.15, 0.2) is 0 Å². The van der Waals surface area contributed by atoms with Gasteiger partial charge in [0.1, 0.15) is 10.1 Å². The first kappa shape index (κ1) is 22.6. The Morgan fingerprint density at radius 1 is 0.826 bits per heavy atom. The first-order valence-corrected chi connectivity index (χ1v) is 10.0. The molecule has 0 fully saturated rings. The molecule has 0 spiro atoms. The standard InChI is InChI=1S/C18H30O3S.Cu/c1-2-3-4-5-6-7-8-9-10-11-14-17-15-12-13-16-18(17)22(19,20)21;/h12-13,15-16H,2-11,14H2,1H3,(H,19,20,21);/q;+2/p-1. The van der Waals surface area contributed by atoms with Crippen molar-refractivity contribution in [2.45, 2.75) is 82.4 Å². The number of unbranched alkanes of at least 4 members (excludes halogenated alkanes) is 9. The molecule has 0 saturated carbocycles. The van der Waals surface area contributed by atoms with E-state index in [0.29, 0.717) is 12.0 Å². The number of hydrogen-bond acceptors (Lipinski definition) is 3. The molecule has 0 saturated heterocycles. The topological polar surface area (TPSA) is 57.2 Å². The van der Waals surface area contributed by atoms with Gasteiger partial charge in [0.2, 0.25) is 0 Å². The van der Waals surface area contributed by atoms with Gasteiger partial charge in [0, 0.05) is 0 Å². The maximum atomic E-state index is 11.2. The van der Waals surface area contributed by atoms with Gasteiger partial charge in [-0.3, -0.25) is 0 Å². The van der Waals surface area contributed by atoms with Crippen molar-refractivity contribution < 1.29 is 30.0 Å². The zero-order valence-electron chi connectivity index (χ0n) is 14.0. The molecule has 1 radical (unpaired) electrons. The molecule has 1 aromatic rings. The molecule has 3 nitrogen and oxygen atoms in total. The average molecular weight is 389 g/mol. The summed E-state index contributed by atoms with van der Waals surface area (Å²) in [4.78, 5) is -0.0501. The van der Waals surface area contributed by atoms with Crippen molar-refractivity contribution in [2.75, 3.05) is 0 Å². The molecule has 135 valence electrons. The molecular weight excluding hydrogens is 360 g/mol. The van der Waals surface area contributed by atoms with Crippen LogP contribution in [-0.4, -0.2) is 13.0 Å². The molecule has 0 aliphatic heterocycles. The number of hydrogen-bond donors (Lipinski definition) is 0. The first-order valence-electron chi connectivity index (χ1n) is 8.59. The molecule has 0 N–H and O–H groups in total. The summed E-state index contributed by atoms with van der Waals surface area (Å²) in [5, 5.41) is 0. The molecule has 0 atom stereocenters. The van der Waals surface area contributed by atoms with E-state index in [1.165, 1.54) is 57.4 Å². The molecule has 23 heavy (non-hydrogen) atoms. The smallest absolute Gasteiger partial charge is 0.744 e. The third-order valence-electron chi connectivity index (χ3n) is 4.04. The van der Waals surface area contributed by atoms with E-state index in [0.717, 1.165) is 12.8 Å². The van der Waals surface area contributed by atoms with Crippen LogP contribution in [0.4, 0.5) is 0 Å². The van der Waals surface area contributed by atoms with E-state index in [4.69, 9.17) is 0 Å². The Morgan fingerprint density at radius 2 is 1.30 bits per heavy atom. The van der Waals surface area contributed by atoms with Crippen molar-refractivity contribution in [3.05, 3.63) is 29.8 Å². The van der Waals surface area contributed by atoms with Crippen molar-refractivity contribution in [3.8, 4) is 0 Å². The van der Waals surface area contributed by atoms with E-state index in [1.807, 2.05) is 0 Å². The van der Waals surface area contributed by atoms with Gasteiger partial charge in [0.25, 0.3) is 0 Å². The maximum absolute atomic E-state index is 11.2. The van der Waals surface area contributed by atoms with Crippen LogP contribution in [0.2, 0.25) is 0 Å². The van der Waals surface area contributed by atoms with Crippen LogP contribution in [0.25, 0.3) is 0 Å². The summed E-state index contributed by atoms with van der Waals surface area (Å²) in [6, 6.07) is 6.56. The van der Waals surface area contributed by atoms with Crippen molar-refractivity contribution in [1.82, 2.24) is 0 Å². The maximum Gasteiger partial charge on any atom is 2.00 e. The Hall–Kier alpha value is -0.351. The summed E-state index contributed by atoms with van der Waals surface area (Å²) in [7, 11) is -4.35. The molecule has 0 heterocycles. The van der Waals surface area contributed by atoms with Crippen molar-refractivity contribution in [2.24, 2.45) is 0 Å². The van der Waals surface area contributed by atoms with E-state index in [1.54, 1.807) is 18.2 Å². The van der Waals surface area contributed by atoms with Crippen molar-refractivity contribution in [1.29, 1.82) is 0 Å². The van der Waals surface area contributed by atoms with Crippen LogP contribution in [0, 0.1) is 0 Å². The van der Waals surface area contributed by atoms with Gasteiger partial charge in [0.05, 0.1) is 4.90 Å². The zero-order valence-corrected chi connectivity index (χ0v) is 15.8. The van der Waals surface area contributed by atoms with Crippen LogP contribution < -0.4 is 0 Å². The second kappa shape index (κ2) is 13.0. The van der Waals surface area contributed by atoms with Crippen LogP contribution >= 0.6 is 0 Å². The molecule has 5 heteroatoms. The van der Waals surface area contributed by atoms with Crippen LogP contribution in [0.3, 0.4) is 0 Å². The Bertz CT molecular complexity index is 515. The fraction of sp³-hybridized carbons (Fsp3) is 0.667. The van der Waals surface area contributed by atoms with E-state index < -0.39 is 10.1 Å². The fourth-order valence-corrected chi connectivity index (χ4v) is 3.49. The molecule has 0 bridgehead atoms.